The highest BCUT2D eigenvalue weighted by Crippen LogP contribution is 2.48. The van der Waals surface area contributed by atoms with Crippen molar-refractivity contribution in [1.82, 2.24) is 9.80 Å². The molecule has 0 spiro atoms. The third-order valence-corrected chi connectivity index (χ3v) is 4.83. The smallest absolute Gasteiger partial charge is 0.242 e. The van der Waals surface area contributed by atoms with Crippen LogP contribution in [-0.4, -0.2) is 48.3 Å². The maximum atomic E-state index is 12.4. The van der Waals surface area contributed by atoms with E-state index in [4.69, 9.17) is 11.6 Å². The van der Waals surface area contributed by atoms with E-state index in [-0.39, 0.29) is 30.2 Å². The zero-order chi connectivity index (χ0) is 15.7. The van der Waals surface area contributed by atoms with Crippen LogP contribution >= 0.6 is 11.6 Å². The zero-order valence-corrected chi connectivity index (χ0v) is 13.6. The average Bonchev–Trinajstić information content (AvgIpc) is 3.10. The predicted molar refractivity (Wildman–Crippen MR) is 85.8 cm³/mol. The van der Waals surface area contributed by atoms with Crippen LogP contribution in [0.1, 0.15) is 30.7 Å². The Hall–Kier alpha value is -1.55. The summed E-state index contributed by atoms with van der Waals surface area (Å²) in [6.45, 7) is 1.85. The summed E-state index contributed by atoms with van der Waals surface area (Å²) < 4.78 is 0. The molecule has 2 atom stereocenters. The lowest BCUT2D eigenvalue weighted by Gasteiger charge is -2.21. The van der Waals surface area contributed by atoms with Crippen LogP contribution in [0.15, 0.2) is 24.3 Å². The first kappa shape index (κ1) is 15.3. The molecule has 0 N–H and O–H groups in total. The molecule has 2 amide bonds. The fourth-order valence-electron chi connectivity index (χ4n) is 3.20. The van der Waals surface area contributed by atoms with Crippen molar-refractivity contribution in [3.63, 3.8) is 0 Å². The fraction of sp³-hybridized carbons (Fsp3) is 0.529. The van der Waals surface area contributed by atoms with Crippen LogP contribution in [-0.2, 0) is 9.59 Å². The van der Waals surface area contributed by atoms with E-state index in [0.29, 0.717) is 5.02 Å². The highest BCUT2D eigenvalue weighted by atomic mass is 35.5. The number of carbonyl (C=O) groups is 2. The number of likely N-dealkylation sites (N-methyl/N-ethyl adjacent to an activating group) is 1. The Bertz CT molecular complexity index is 584. The lowest BCUT2D eigenvalue weighted by Crippen LogP contribution is -2.40. The summed E-state index contributed by atoms with van der Waals surface area (Å²) in [5.74, 6) is 0.371. The molecular weight excluding hydrogens is 300 g/mol. The monoisotopic (exact) mass is 320 g/mol. The third kappa shape index (κ3) is 3.27. The van der Waals surface area contributed by atoms with E-state index in [1.165, 1.54) is 0 Å². The Morgan fingerprint density at radius 1 is 1.32 bits per heavy atom. The Labute approximate surface area is 136 Å². The van der Waals surface area contributed by atoms with Gasteiger partial charge in [-0.2, -0.15) is 0 Å². The van der Waals surface area contributed by atoms with Crippen molar-refractivity contribution in [2.24, 2.45) is 5.92 Å². The number of benzene rings is 1. The molecular formula is C17H21ClN2O2. The molecule has 1 aromatic carbocycles. The lowest BCUT2D eigenvalue weighted by atomic mass is 10.1. The topological polar surface area (TPSA) is 40.6 Å². The van der Waals surface area contributed by atoms with Gasteiger partial charge in [0.2, 0.25) is 11.8 Å². The molecule has 0 bridgehead atoms. The summed E-state index contributed by atoms with van der Waals surface area (Å²) in [5, 5.41) is 0.702. The van der Waals surface area contributed by atoms with Crippen molar-refractivity contribution in [1.29, 1.82) is 0 Å². The van der Waals surface area contributed by atoms with Crippen molar-refractivity contribution in [3.05, 3.63) is 34.9 Å². The Balaban J connectivity index is 1.55. The summed E-state index contributed by atoms with van der Waals surface area (Å²) in [5.41, 5.74) is 1.12. The molecule has 1 aromatic rings. The minimum absolute atomic E-state index is 0.00477. The number of nitrogens with zero attached hydrogens (tertiary/aromatic N) is 2. The van der Waals surface area contributed by atoms with E-state index >= 15 is 0 Å². The van der Waals surface area contributed by atoms with Gasteiger partial charge in [-0.1, -0.05) is 23.7 Å². The van der Waals surface area contributed by atoms with Gasteiger partial charge in [-0.25, -0.2) is 0 Å². The maximum Gasteiger partial charge on any atom is 0.242 e. The van der Waals surface area contributed by atoms with Gasteiger partial charge >= 0.3 is 0 Å². The molecule has 2 aliphatic rings. The minimum atomic E-state index is -0.00477. The third-order valence-electron chi connectivity index (χ3n) is 4.59. The van der Waals surface area contributed by atoms with Crippen molar-refractivity contribution in [2.45, 2.75) is 25.2 Å². The maximum absolute atomic E-state index is 12.4. The molecule has 1 heterocycles. The molecule has 0 radical (unpaired) electrons. The van der Waals surface area contributed by atoms with Gasteiger partial charge in [0.1, 0.15) is 0 Å². The SMILES string of the molecule is CN(CC(=O)N1CCCC1)C(=O)C1CC1c1cccc(Cl)c1. The number of likely N-dealkylation sites (tertiary alicyclic amines) is 1. The lowest BCUT2D eigenvalue weighted by molar-refractivity contribution is -0.139. The van der Waals surface area contributed by atoms with Crippen molar-refractivity contribution in [2.75, 3.05) is 26.7 Å². The Kier molecular flexibility index (Phi) is 4.39. The van der Waals surface area contributed by atoms with Crippen LogP contribution in [0, 0.1) is 5.92 Å². The van der Waals surface area contributed by atoms with Crippen molar-refractivity contribution >= 4 is 23.4 Å². The molecule has 2 unspecified atom stereocenters. The second-order valence-corrected chi connectivity index (χ2v) is 6.72. The number of halogens is 1. The van der Waals surface area contributed by atoms with E-state index in [1.807, 2.05) is 29.2 Å². The summed E-state index contributed by atoms with van der Waals surface area (Å²) >= 11 is 6.00. The van der Waals surface area contributed by atoms with Gasteiger partial charge in [-0.05, 0) is 42.9 Å². The summed E-state index contributed by atoms with van der Waals surface area (Å²) in [4.78, 5) is 28.0. The minimum Gasteiger partial charge on any atom is -0.341 e. The second-order valence-electron chi connectivity index (χ2n) is 6.29. The highest BCUT2D eigenvalue weighted by molar-refractivity contribution is 6.30. The molecule has 22 heavy (non-hydrogen) atoms. The molecule has 0 aromatic heterocycles. The van der Waals surface area contributed by atoms with Crippen molar-refractivity contribution < 1.29 is 9.59 Å². The van der Waals surface area contributed by atoms with Gasteiger partial charge in [0.05, 0.1) is 6.54 Å². The van der Waals surface area contributed by atoms with Crippen LogP contribution in [0.3, 0.4) is 0 Å². The zero-order valence-electron chi connectivity index (χ0n) is 12.8. The average molecular weight is 321 g/mol. The van der Waals surface area contributed by atoms with E-state index in [0.717, 1.165) is 37.9 Å². The van der Waals surface area contributed by atoms with Gasteiger partial charge in [0.25, 0.3) is 0 Å². The van der Waals surface area contributed by atoms with Crippen molar-refractivity contribution in [3.8, 4) is 0 Å². The second kappa shape index (κ2) is 6.29. The molecule has 1 saturated carbocycles. The van der Waals surface area contributed by atoms with E-state index in [9.17, 15) is 9.59 Å². The molecule has 1 aliphatic carbocycles. The van der Waals surface area contributed by atoms with Gasteiger partial charge in [-0.15, -0.1) is 0 Å². The van der Waals surface area contributed by atoms with Crippen LogP contribution in [0.4, 0.5) is 0 Å². The standard InChI is InChI=1S/C17H21ClN2O2/c1-19(11-16(21)20-7-2-3-8-20)17(22)15-10-14(15)12-5-4-6-13(18)9-12/h4-6,9,14-15H,2-3,7-8,10-11H2,1H3. The largest absolute Gasteiger partial charge is 0.341 e. The molecule has 4 nitrogen and oxygen atoms in total. The first-order valence-corrected chi connectivity index (χ1v) is 8.22. The number of rotatable bonds is 4. The number of hydrogen-bond donors (Lipinski definition) is 0. The van der Waals surface area contributed by atoms with Crippen LogP contribution < -0.4 is 0 Å². The quantitative estimate of drug-likeness (QED) is 0.855. The Morgan fingerprint density at radius 2 is 2.05 bits per heavy atom. The Morgan fingerprint density at radius 3 is 2.73 bits per heavy atom. The van der Waals surface area contributed by atoms with Gasteiger partial charge in [-0.3, -0.25) is 9.59 Å². The predicted octanol–water partition coefficient (Wildman–Crippen LogP) is 2.52. The van der Waals surface area contributed by atoms with Crippen LogP contribution in [0.2, 0.25) is 5.02 Å². The highest BCUT2D eigenvalue weighted by Gasteiger charge is 2.45. The van der Waals surface area contributed by atoms with E-state index in [2.05, 4.69) is 0 Å². The molecule has 1 saturated heterocycles. The molecule has 1 aliphatic heterocycles. The molecule has 3 rings (SSSR count). The van der Waals surface area contributed by atoms with Crippen LogP contribution in [0.5, 0.6) is 0 Å². The van der Waals surface area contributed by atoms with Gasteiger partial charge in [0, 0.05) is 31.1 Å². The molecule has 5 heteroatoms. The number of hydrogen-bond acceptors (Lipinski definition) is 2. The first-order chi connectivity index (χ1) is 10.6. The summed E-state index contributed by atoms with van der Waals surface area (Å²) in [6, 6.07) is 7.69. The number of amides is 2. The van der Waals surface area contributed by atoms with Gasteiger partial charge in [0.15, 0.2) is 0 Å². The normalized spacial score (nSPS) is 23.5. The summed E-state index contributed by atoms with van der Waals surface area (Å²) in [6.07, 6.45) is 2.99. The van der Waals surface area contributed by atoms with Crippen LogP contribution in [0.25, 0.3) is 0 Å². The fourth-order valence-corrected chi connectivity index (χ4v) is 3.40. The number of carbonyl (C=O) groups excluding carboxylic acids is 2. The first-order valence-electron chi connectivity index (χ1n) is 7.84. The summed E-state index contributed by atoms with van der Waals surface area (Å²) in [7, 11) is 1.73. The molecule has 118 valence electrons. The molecule has 2 fully saturated rings. The van der Waals surface area contributed by atoms with E-state index < -0.39 is 0 Å². The van der Waals surface area contributed by atoms with Gasteiger partial charge < -0.3 is 9.80 Å². The van der Waals surface area contributed by atoms with E-state index in [1.54, 1.807) is 11.9 Å².